The summed E-state index contributed by atoms with van der Waals surface area (Å²) in [5.41, 5.74) is 1.37. The molecule has 0 radical (unpaired) electrons. The van der Waals surface area contributed by atoms with Crippen molar-refractivity contribution in [2.75, 3.05) is 5.32 Å². The van der Waals surface area contributed by atoms with Crippen LogP contribution >= 0.6 is 34.5 Å². The minimum absolute atomic E-state index is 0.0835. The lowest BCUT2D eigenvalue weighted by molar-refractivity contribution is -0.123. The first-order valence-corrected chi connectivity index (χ1v) is 13.0. The van der Waals surface area contributed by atoms with Gasteiger partial charge in [0.2, 0.25) is 0 Å². The first-order valence-electron chi connectivity index (χ1n) is 11.3. The topological polar surface area (TPSA) is 103 Å². The minimum Gasteiger partial charge on any atom is -0.448 e. The van der Waals surface area contributed by atoms with Crippen molar-refractivity contribution in [1.29, 1.82) is 0 Å². The molecule has 11 heteroatoms. The van der Waals surface area contributed by atoms with Gasteiger partial charge in [0, 0.05) is 16.3 Å². The first-order chi connectivity index (χ1) is 18.3. The van der Waals surface area contributed by atoms with E-state index in [1.165, 1.54) is 18.3 Å². The number of aromatic nitrogens is 3. The second-order valence-corrected chi connectivity index (χ2v) is 9.82. The number of esters is 1. The molecule has 1 atom stereocenters. The van der Waals surface area contributed by atoms with Gasteiger partial charge in [0.15, 0.2) is 16.9 Å². The number of fused-ring (bicyclic) bond motifs is 1. The van der Waals surface area contributed by atoms with Crippen LogP contribution in [0.25, 0.3) is 27.7 Å². The predicted molar refractivity (Wildman–Crippen MR) is 148 cm³/mol. The smallest absolute Gasteiger partial charge is 0.360 e. The molecule has 0 saturated heterocycles. The monoisotopic (exact) mass is 564 g/mol. The van der Waals surface area contributed by atoms with E-state index in [-0.39, 0.29) is 11.3 Å². The third-order valence-corrected chi connectivity index (χ3v) is 7.10. The molecule has 5 aromatic rings. The molecule has 0 aliphatic heterocycles. The fourth-order valence-electron chi connectivity index (χ4n) is 3.68. The highest BCUT2D eigenvalue weighted by molar-refractivity contribution is 7.14. The van der Waals surface area contributed by atoms with Gasteiger partial charge in [0.1, 0.15) is 0 Å². The average Bonchev–Trinajstić information content (AvgIpc) is 3.39. The van der Waals surface area contributed by atoms with Crippen LogP contribution in [0.2, 0.25) is 10.0 Å². The number of para-hydroxylation sites is 1. The quantitative estimate of drug-likeness (QED) is 0.254. The molecule has 0 unspecified atom stereocenters. The number of amides is 1. The number of rotatable bonds is 6. The van der Waals surface area contributed by atoms with E-state index in [0.717, 1.165) is 10.2 Å². The SMILES string of the molecule is C[C@H](OC(=O)c1nn(-c2ccccc2)c(=O)c2ccccc12)C(=O)Nc1nc(-c2ccc(Cl)c(Cl)c2)cs1. The Hall–Kier alpha value is -4.05. The summed E-state index contributed by atoms with van der Waals surface area (Å²) in [6.45, 7) is 1.44. The van der Waals surface area contributed by atoms with Gasteiger partial charge < -0.3 is 4.74 Å². The zero-order valence-corrected chi connectivity index (χ0v) is 22.1. The van der Waals surface area contributed by atoms with Gasteiger partial charge in [-0.1, -0.05) is 65.7 Å². The highest BCUT2D eigenvalue weighted by Crippen LogP contribution is 2.30. The summed E-state index contributed by atoms with van der Waals surface area (Å²) in [5, 5.41) is 10.5. The van der Waals surface area contributed by atoms with Crippen LogP contribution in [0, 0.1) is 0 Å². The van der Waals surface area contributed by atoms with E-state index in [1.54, 1.807) is 78.2 Å². The van der Waals surface area contributed by atoms with Gasteiger partial charge in [-0.05, 0) is 37.3 Å². The van der Waals surface area contributed by atoms with E-state index in [2.05, 4.69) is 15.4 Å². The highest BCUT2D eigenvalue weighted by Gasteiger charge is 2.24. The van der Waals surface area contributed by atoms with Crippen LogP contribution in [0.3, 0.4) is 0 Å². The highest BCUT2D eigenvalue weighted by atomic mass is 35.5. The van der Waals surface area contributed by atoms with Crippen LogP contribution in [-0.4, -0.2) is 32.7 Å². The molecule has 1 N–H and O–H groups in total. The molecule has 8 nitrogen and oxygen atoms in total. The molecule has 2 heterocycles. The van der Waals surface area contributed by atoms with Crippen LogP contribution in [0.4, 0.5) is 5.13 Å². The van der Waals surface area contributed by atoms with E-state index in [4.69, 9.17) is 27.9 Å². The van der Waals surface area contributed by atoms with Crippen LogP contribution in [0.1, 0.15) is 17.4 Å². The number of thiazole rings is 1. The molecule has 0 spiro atoms. The summed E-state index contributed by atoms with van der Waals surface area (Å²) in [4.78, 5) is 43.4. The summed E-state index contributed by atoms with van der Waals surface area (Å²) < 4.78 is 6.59. The van der Waals surface area contributed by atoms with Gasteiger partial charge in [-0.3, -0.25) is 14.9 Å². The Morgan fingerprint density at radius 3 is 2.42 bits per heavy atom. The van der Waals surface area contributed by atoms with Crippen LogP contribution in [0.15, 0.2) is 83.0 Å². The Kier molecular flexibility index (Phi) is 7.24. The number of hydrogen-bond acceptors (Lipinski definition) is 7. The number of anilines is 1. The molecule has 0 saturated carbocycles. The van der Waals surface area contributed by atoms with Crippen molar-refractivity contribution in [2.45, 2.75) is 13.0 Å². The van der Waals surface area contributed by atoms with Crippen LogP contribution in [-0.2, 0) is 9.53 Å². The molecule has 38 heavy (non-hydrogen) atoms. The number of hydrogen-bond donors (Lipinski definition) is 1. The first kappa shape index (κ1) is 25.6. The largest absolute Gasteiger partial charge is 0.448 e. The second kappa shape index (κ2) is 10.7. The maximum Gasteiger partial charge on any atom is 0.360 e. The molecule has 0 aliphatic carbocycles. The van der Waals surface area contributed by atoms with Crippen LogP contribution in [0.5, 0.6) is 0 Å². The summed E-state index contributed by atoms with van der Waals surface area (Å²) >= 11 is 13.3. The van der Waals surface area contributed by atoms with Crippen molar-refractivity contribution >= 4 is 62.3 Å². The lowest BCUT2D eigenvalue weighted by atomic mass is 10.1. The standard InChI is InChI=1S/C27H18Cl2N4O4S/c1-15(24(34)31-27-30-22(14-38-27)16-11-12-20(28)21(29)13-16)37-26(36)23-18-9-5-6-10-19(18)25(35)33(32-23)17-7-3-2-4-8-17/h2-15H,1H3,(H,30,31,34)/t15-/m0/s1. The van der Waals surface area contributed by atoms with Crippen LogP contribution < -0.4 is 10.9 Å². The summed E-state index contributed by atoms with van der Waals surface area (Å²) in [5.74, 6) is -1.42. The van der Waals surface area contributed by atoms with E-state index in [9.17, 15) is 14.4 Å². The van der Waals surface area contributed by atoms with E-state index >= 15 is 0 Å². The number of carbonyl (C=O) groups excluding carboxylic acids is 2. The van der Waals surface area contributed by atoms with E-state index in [0.29, 0.717) is 37.3 Å². The van der Waals surface area contributed by atoms with Crippen molar-refractivity contribution in [2.24, 2.45) is 0 Å². The number of nitrogens with one attached hydrogen (secondary N) is 1. The zero-order chi connectivity index (χ0) is 26.8. The molecule has 0 fully saturated rings. The van der Waals surface area contributed by atoms with Crippen molar-refractivity contribution in [3.63, 3.8) is 0 Å². The second-order valence-electron chi connectivity index (χ2n) is 8.15. The number of benzene rings is 3. The molecule has 0 bridgehead atoms. The zero-order valence-electron chi connectivity index (χ0n) is 19.7. The molecule has 0 aliphatic rings. The molecular weight excluding hydrogens is 547 g/mol. The number of halogens is 2. The normalized spacial score (nSPS) is 11.8. The van der Waals surface area contributed by atoms with Gasteiger partial charge >= 0.3 is 5.97 Å². The number of ether oxygens (including phenoxy) is 1. The Labute approximate surface area is 230 Å². The Balaban J connectivity index is 1.36. The Morgan fingerprint density at radius 2 is 1.68 bits per heavy atom. The molecular formula is C27H18Cl2N4O4S. The average molecular weight is 565 g/mol. The van der Waals surface area contributed by atoms with Gasteiger partial charge in [-0.2, -0.15) is 9.78 Å². The predicted octanol–water partition coefficient (Wildman–Crippen LogP) is 6.00. The van der Waals surface area contributed by atoms with Gasteiger partial charge in [-0.25, -0.2) is 9.78 Å². The fourth-order valence-corrected chi connectivity index (χ4v) is 4.70. The maximum atomic E-state index is 13.2. The van der Waals surface area contributed by atoms with Crippen molar-refractivity contribution in [3.8, 4) is 16.9 Å². The van der Waals surface area contributed by atoms with E-state index in [1.807, 2.05) is 0 Å². The summed E-state index contributed by atoms with van der Waals surface area (Å²) in [6, 6.07) is 20.5. The third-order valence-electron chi connectivity index (χ3n) is 5.60. The summed E-state index contributed by atoms with van der Waals surface area (Å²) in [6.07, 6.45) is -1.17. The molecule has 190 valence electrons. The lowest BCUT2D eigenvalue weighted by Gasteiger charge is -2.14. The van der Waals surface area contributed by atoms with Gasteiger partial charge in [-0.15, -0.1) is 11.3 Å². The lowest BCUT2D eigenvalue weighted by Crippen LogP contribution is -2.31. The minimum atomic E-state index is -1.17. The van der Waals surface area contributed by atoms with Gasteiger partial charge in [0.25, 0.3) is 11.5 Å². The fraction of sp³-hybridized carbons (Fsp3) is 0.0741. The number of nitrogens with zero attached hydrogens (tertiary/aromatic N) is 3. The van der Waals surface area contributed by atoms with E-state index < -0.39 is 18.0 Å². The molecule has 1 amide bonds. The van der Waals surface area contributed by atoms with Crippen molar-refractivity contribution in [1.82, 2.24) is 14.8 Å². The Morgan fingerprint density at radius 1 is 0.974 bits per heavy atom. The maximum absolute atomic E-state index is 13.2. The Bertz CT molecular complexity index is 1740. The molecule has 3 aromatic carbocycles. The molecule has 5 rings (SSSR count). The van der Waals surface area contributed by atoms with Crippen molar-refractivity contribution in [3.05, 3.63) is 104 Å². The molecule has 2 aromatic heterocycles. The van der Waals surface area contributed by atoms with Crippen molar-refractivity contribution < 1.29 is 14.3 Å². The number of carbonyl (C=O) groups is 2. The van der Waals surface area contributed by atoms with Gasteiger partial charge in [0.05, 0.1) is 26.8 Å². The third kappa shape index (κ3) is 5.17. The summed E-state index contributed by atoms with van der Waals surface area (Å²) in [7, 11) is 0.